The second kappa shape index (κ2) is 12.9. The number of aliphatic hydroxyl groups excluding tert-OH is 1. The van der Waals surface area contributed by atoms with Gasteiger partial charge in [-0.3, -0.25) is 14.4 Å². The van der Waals surface area contributed by atoms with Crippen LogP contribution in [0, 0.1) is 17.7 Å². The molecule has 1 saturated heterocycles. The SMILES string of the molecule is CCc1ccc(N2C(=O)[C@H](CC[C@H](O)c3ccc(F)cc3)[C@H]2c2ccc(CCCC(C(=O)O)C(=O)O)cc2)cc1. The van der Waals surface area contributed by atoms with Gasteiger partial charge >= 0.3 is 11.9 Å². The number of nitrogens with zero attached hydrogens (tertiary/aromatic N) is 1. The Hall–Kier alpha value is -4.04. The molecule has 0 saturated carbocycles. The highest BCUT2D eigenvalue weighted by atomic mass is 19.1. The van der Waals surface area contributed by atoms with Gasteiger partial charge in [0.25, 0.3) is 0 Å². The predicted molar refractivity (Wildman–Crippen MR) is 148 cm³/mol. The molecule has 3 atom stereocenters. The molecule has 7 nitrogen and oxygen atoms in total. The smallest absolute Gasteiger partial charge is 0.317 e. The zero-order valence-electron chi connectivity index (χ0n) is 22.4. The molecule has 0 aromatic heterocycles. The van der Waals surface area contributed by atoms with E-state index < -0.39 is 24.0 Å². The van der Waals surface area contributed by atoms with Crippen LogP contribution in [0.3, 0.4) is 0 Å². The molecule has 0 unspecified atom stereocenters. The maximum absolute atomic E-state index is 13.4. The lowest BCUT2D eigenvalue weighted by Crippen LogP contribution is -2.55. The van der Waals surface area contributed by atoms with Gasteiger partial charge in [-0.25, -0.2) is 4.39 Å². The van der Waals surface area contributed by atoms with Crippen LogP contribution in [0.4, 0.5) is 10.1 Å². The number of rotatable bonds is 13. The molecular weight excluding hydrogens is 513 g/mol. The number of carbonyl (C=O) groups is 3. The zero-order chi connectivity index (χ0) is 28.8. The Morgan fingerprint density at radius 2 is 1.48 bits per heavy atom. The van der Waals surface area contributed by atoms with Crippen molar-refractivity contribution in [2.45, 2.75) is 57.6 Å². The average Bonchev–Trinajstić information content (AvgIpc) is 2.94. The third kappa shape index (κ3) is 6.57. The number of carboxylic acid groups (broad SMARTS) is 2. The molecule has 1 aliphatic rings. The van der Waals surface area contributed by atoms with Crippen LogP contribution in [0.1, 0.15) is 67.0 Å². The Morgan fingerprint density at radius 1 is 0.875 bits per heavy atom. The normalized spacial score (nSPS) is 17.5. The van der Waals surface area contributed by atoms with E-state index in [2.05, 4.69) is 6.92 Å². The van der Waals surface area contributed by atoms with Gasteiger partial charge in [0.2, 0.25) is 5.91 Å². The Balaban J connectivity index is 1.49. The second-order valence-corrected chi connectivity index (χ2v) is 10.3. The van der Waals surface area contributed by atoms with E-state index in [4.69, 9.17) is 10.2 Å². The van der Waals surface area contributed by atoms with Crippen molar-refractivity contribution in [2.24, 2.45) is 11.8 Å². The minimum Gasteiger partial charge on any atom is -0.481 e. The fourth-order valence-electron chi connectivity index (χ4n) is 5.32. The first-order valence-corrected chi connectivity index (χ1v) is 13.6. The van der Waals surface area contributed by atoms with E-state index in [0.717, 1.165) is 23.2 Å². The molecule has 8 heteroatoms. The van der Waals surface area contributed by atoms with Gasteiger partial charge in [0.15, 0.2) is 5.92 Å². The molecule has 4 rings (SSSR count). The summed E-state index contributed by atoms with van der Waals surface area (Å²) >= 11 is 0. The Morgan fingerprint density at radius 3 is 2.05 bits per heavy atom. The summed E-state index contributed by atoms with van der Waals surface area (Å²) < 4.78 is 13.3. The summed E-state index contributed by atoms with van der Waals surface area (Å²) in [6, 6.07) is 21.2. The topological polar surface area (TPSA) is 115 Å². The van der Waals surface area contributed by atoms with Crippen molar-refractivity contribution in [2.75, 3.05) is 4.90 Å². The highest BCUT2D eigenvalue weighted by Crippen LogP contribution is 2.46. The van der Waals surface area contributed by atoms with E-state index >= 15 is 0 Å². The predicted octanol–water partition coefficient (Wildman–Crippen LogP) is 5.71. The second-order valence-electron chi connectivity index (χ2n) is 10.3. The van der Waals surface area contributed by atoms with E-state index in [1.165, 1.54) is 17.7 Å². The van der Waals surface area contributed by atoms with E-state index in [1.54, 1.807) is 17.0 Å². The first-order valence-electron chi connectivity index (χ1n) is 13.6. The van der Waals surface area contributed by atoms with Crippen LogP contribution >= 0.6 is 0 Å². The molecule has 3 aromatic rings. The number of carboxylic acids is 2. The molecule has 3 N–H and O–H groups in total. The highest BCUT2D eigenvalue weighted by Gasteiger charge is 2.48. The van der Waals surface area contributed by atoms with E-state index in [9.17, 15) is 23.9 Å². The van der Waals surface area contributed by atoms with Crippen molar-refractivity contribution in [1.82, 2.24) is 0 Å². The molecule has 1 fully saturated rings. The molecule has 40 heavy (non-hydrogen) atoms. The molecule has 1 aliphatic heterocycles. The fraction of sp³-hybridized carbons (Fsp3) is 0.344. The number of hydrogen-bond donors (Lipinski definition) is 3. The lowest BCUT2D eigenvalue weighted by atomic mass is 9.78. The summed E-state index contributed by atoms with van der Waals surface area (Å²) in [7, 11) is 0. The molecule has 0 aliphatic carbocycles. The van der Waals surface area contributed by atoms with Gasteiger partial charge in [-0.05, 0) is 85.0 Å². The largest absolute Gasteiger partial charge is 0.481 e. The van der Waals surface area contributed by atoms with Crippen molar-refractivity contribution in [3.63, 3.8) is 0 Å². The minimum atomic E-state index is -1.42. The van der Waals surface area contributed by atoms with Crippen LogP contribution in [0.2, 0.25) is 0 Å². The van der Waals surface area contributed by atoms with Gasteiger partial charge < -0.3 is 20.2 Å². The highest BCUT2D eigenvalue weighted by molar-refractivity contribution is 6.03. The number of β-lactam (4-membered cyclic amide) rings is 1. The Bertz CT molecular complexity index is 1310. The number of benzene rings is 3. The van der Waals surface area contributed by atoms with Crippen molar-refractivity contribution in [3.05, 3.63) is 101 Å². The maximum atomic E-state index is 13.4. The van der Waals surface area contributed by atoms with Gasteiger partial charge in [-0.2, -0.15) is 0 Å². The molecule has 1 amide bonds. The third-order valence-electron chi connectivity index (χ3n) is 7.72. The summed E-state index contributed by atoms with van der Waals surface area (Å²) in [6.07, 6.45) is 1.90. The van der Waals surface area contributed by atoms with Crippen LogP contribution in [-0.4, -0.2) is 33.2 Å². The van der Waals surface area contributed by atoms with Gasteiger partial charge in [0, 0.05) is 5.69 Å². The third-order valence-corrected chi connectivity index (χ3v) is 7.72. The summed E-state index contributed by atoms with van der Waals surface area (Å²) in [6.45, 7) is 2.07. The number of anilines is 1. The van der Waals surface area contributed by atoms with Gasteiger partial charge in [0.1, 0.15) is 5.82 Å². The molecule has 0 spiro atoms. The fourth-order valence-corrected chi connectivity index (χ4v) is 5.32. The Kier molecular flexibility index (Phi) is 9.32. The van der Waals surface area contributed by atoms with Crippen molar-refractivity contribution in [1.29, 1.82) is 0 Å². The van der Waals surface area contributed by atoms with Crippen LogP contribution in [-0.2, 0) is 27.2 Å². The number of carbonyl (C=O) groups excluding carboxylic acids is 1. The lowest BCUT2D eigenvalue weighted by Gasteiger charge is -2.48. The van der Waals surface area contributed by atoms with E-state index in [0.29, 0.717) is 31.2 Å². The number of aliphatic carboxylic acids is 2. The summed E-state index contributed by atoms with van der Waals surface area (Å²) in [5.41, 5.74) is 4.47. The maximum Gasteiger partial charge on any atom is 0.317 e. The summed E-state index contributed by atoms with van der Waals surface area (Å²) in [5, 5.41) is 28.8. The van der Waals surface area contributed by atoms with Gasteiger partial charge in [-0.15, -0.1) is 0 Å². The lowest BCUT2D eigenvalue weighted by molar-refractivity contribution is -0.154. The monoisotopic (exact) mass is 547 g/mol. The van der Waals surface area contributed by atoms with Crippen molar-refractivity contribution >= 4 is 23.5 Å². The molecule has 210 valence electrons. The van der Waals surface area contributed by atoms with Crippen LogP contribution in [0.15, 0.2) is 72.8 Å². The summed E-state index contributed by atoms with van der Waals surface area (Å²) in [4.78, 5) is 37.4. The molecule has 0 bridgehead atoms. The standard InChI is InChI=1S/C32H34FNO6/c1-2-20-8-16-25(17-9-20)34-29(26(30(34)36)18-19-28(35)22-12-14-24(33)15-13-22)23-10-6-21(7-11-23)4-3-5-27(31(37)38)32(39)40/h6-17,26-29,35H,2-5,18-19H2,1H3,(H,37,38)(H,39,40)/t26-,28+,29-/m1/s1. The zero-order valence-corrected chi connectivity index (χ0v) is 22.4. The number of aryl methyl sites for hydroxylation is 2. The molecule has 0 radical (unpaired) electrons. The number of aliphatic hydroxyl groups is 1. The minimum absolute atomic E-state index is 0.0157. The van der Waals surface area contributed by atoms with Crippen LogP contribution < -0.4 is 4.90 Å². The van der Waals surface area contributed by atoms with Gasteiger partial charge in [-0.1, -0.05) is 55.5 Å². The van der Waals surface area contributed by atoms with Crippen LogP contribution in [0.5, 0.6) is 0 Å². The summed E-state index contributed by atoms with van der Waals surface area (Å²) in [5.74, 6) is -4.81. The number of hydrogen-bond acceptors (Lipinski definition) is 4. The molecular formula is C32H34FNO6. The van der Waals surface area contributed by atoms with E-state index in [-0.39, 0.29) is 30.1 Å². The van der Waals surface area contributed by atoms with E-state index in [1.807, 2.05) is 48.5 Å². The van der Waals surface area contributed by atoms with Gasteiger partial charge in [0.05, 0.1) is 18.1 Å². The number of amides is 1. The van der Waals surface area contributed by atoms with Crippen molar-refractivity contribution in [3.8, 4) is 0 Å². The first-order chi connectivity index (χ1) is 19.2. The van der Waals surface area contributed by atoms with Crippen molar-refractivity contribution < 1.29 is 34.1 Å². The molecule has 3 aromatic carbocycles. The van der Waals surface area contributed by atoms with Crippen LogP contribution in [0.25, 0.3) is 0 Å². The first kappa shape index (κ1) is 29.0. The Labute approximate surface area is 232 Å². The molecule has 1 heterocycles. The average molecular weight is 548 g/mol. The number of halogens is 1. The quantitative estimate of drug-likeness (QED) is 0.186.